The molecule has 5 nitrogen and oxygen atoms in total. The maximum absolute atomic E-state index is 13.8. The molecular formula is C24H24F3N3O2. The Morgan fingerprint density at radius 2 is 1.78 bits per heavy atom. The van der Waals surface area contributed by atoms with Crippen LogP contribution in [0, 0.1) is 31.3 Å². The third-order valence-corrected chi connectivity index (χ3v) is 5.68. The van der Waals surface area contributed by atoms with Crippen molar-refractivity contribution in [3.05, 3.63) is 82.4 Å². The fraction of sp³-hybridized carbons (Fsp3) is 0.292. The first-order chi connectivity index (χ1) is 15.3. The van der Waals surface area contributed by atoms with Crippen molar-refractivity contribution in [2.24, 2.45) is 0 Å². The quantitative estimate of drug-likeness (QED) is 0.624. The minimum absolute atomic E-state index is 0.181. The van der Waals surface area contributed by atoms with Gasteiger partial charge in [0.05, 0.1) is 18.9 Å². The third-order valence-electron chi connectivity index (χ3n) is 5.68. The van der Waals surface area contributed by atoms with Gasteiger partial charge in [0.2, 0.25) is 0 Å². The van der Waals surface area contributed by atoms with Crippen LogP contribution in [0.3, 0.4) is 0 Å². The van der Waals surface area contributed by atoms with Crippen molar-refractivity contribution in [2.75, 3.05) is 36.5 Å². The normalized spacial score (nSPS) is 14.0. The first-order valence-electron chi connectivity index (χ1n) is 10.4. The van der Waals surface area contributed by atoms with Crippen LogP contribution in [0.2, 0.25) is 0 Å². The summed E-state index contributed by atoms with van der Waals surface area (Å²) in [6.45, 7) is 6.47. The van der Waals surface area contributed by atoms with Crippen molar-refractivity contribution in [3.8, 4) is 0 Å². The zero-order valence-electron chi connectivity index (χ0n) is 17.9. The third kappa shape index (κ3) is 4.36. The van der Waals surface area contributed by atoms with E-state index in [1.165, 1.54) is 24.3 Å². The Labute approximate surface area is 184 Å². The van der Waals surface area contributed by atoms with E-state index in [9.17, 15) is 18.0 Å². The van der Waals surface area contributed by atoms with Crippen LogP contribution in [-0.4, -0.2) is 36.8 Å². The van der Waals surface area contributed by atoms with Crippen molar-refractivity contribution in [1.82, 2.24) is 4.57 Å². The number of rotatable bonds is 5. The average Bonchev–Trinajstić information content (AvgIpc) is 3.01. The van der Waals surface area contributed by atoms with Gasteiger partial charge in [-0.3, -0.25) is 4.79 Å². The highest BCUT2D eigenvalue weighted by Gasteiger charge is 2.27. The van der Waals surface area contributed by atoms with Crippen LogP contribution < -0.4 is 10.2 Å². The van der Waals surface area contributed by atoms with E-state index >= 15 is 0 Å². The number of amides is 1. The van der Waals surface area contributed by atoms with Gasteiger partial charge in [-0.15, -0.1) is 0 Å². The van der Waals surface area contributed by atoms with Gasteiger partial charge in [-0.2, -0.15) is 0 Å². The van der Waals surface area contributed by atoms with Gasteiger partial charge in [0, 0.05) is 36.6 Å². The Hall–Kier alpha value is -3.26. The zero-order valence-corrected chi connectivity index (χ0v) is 17.9. The lowest BCUT2D eigenvalue weighted by Gasteiger charge is -2.29. The molecule has 0 atom stereocenters. The molecule has 1 aliphatic heterocycles. The summed E-state index contributed by atoms with van der Waals surface area (Å²) >= 11 is 0. The lowest BCUT2D eigenvalue weighted by molar-refractivity contribution is 0.101. The molecule has 1 amide bonds. The average molecular weight is 443 g/mol. The first-order valence-corrected chi connectivity index (χ1v) is 10.4. The zero-order chi connectivity index (χ0) is 22.8. The summed E-state index contributed by atoms with van der Waals surface area (Å²) in [4.78, 5) is 15.5. The molecule has 1 saturated heterocycles. The molecule has 8 heteroatoms. The summed E-state index contributed by atoms with van der Waals surface area (Å²) < 4.78 is 48.1. The fourth-order valence-corrected chi connectivity index (χ4v) is 4.20. The molecule has 3 aromatic rings. The number of benzene rings is 2. The maximum atomic E-state index is 13.8. The number of nitrogens with one attached hydrogen (secondary N) is 1. The summed E-state index contributed by atoms with van der Waals surface area (Å²) in [5, 5.41) is 2.75. The molecule has 1 N–H and O–H groups in total. The van der Waals surface area contributed by atoms with Crippen LogP contribution in [0.5, 0.6) is 0 Å². The topological polar surface area (TPSA) is 46.5 Å². The molecule has 0 saturated carbocycles. The number of carbonyl (C=O) groups is 1. The van der Waals surface area contributed by atoms with E-state index in [0.717, 1.165) is 29.1 Å². The molecular weight excluding hydrogens is 419 g/mol. The molecule has 0 spiro atoms. The predicted molar refractivity (Wildman–Crippen MR) is 117 cm³/mol. The number of hydrogen-bond donors (Lipinski definition) is 1. The van der Waals surface area contributed by atoms with Crippen molar-refractivity contribution in [3.63, 3.8) is 0 Å². The van der Waals surface area contributed by atoms with Gasteiger partial charge in [-0.25, -0.2) is 13.2 Å². The van der Waals surface area contributed by atoms with Crippen molar-refractivity contribution in [2.45, 2.75) is 20.4 Å². The van der Waals surface area contributed by atoms with Gasteiger partial charge in [-0.1, -0.05) is 12.1 Å². The van der Waals surface area contributed by atoms with Crippen LogP contribution >= 0.6 is 0 Å². The second kappa shape index (κ2) is 9.08. The summed E-state index contributed by atoms with van der Waals surface area (Å²) in [5.74, 6) is -2.73. The molecule has 32 heavy (non-hydrogen) atoms. The largest absolute Gasteiger partial charge is 0.378 e. The van der Waals surface area contributed by atoms with E-state index in [0.29, 0.717) is 43.2 Å². The standard InChI is InChI=1S/C24H24F3N3O2/c1-15-22(29-8-10-32-11-9-29)16(2)30(14-17-6-7-20(26)21(27)12-17)23(15)24(31)28-19-5-3-4-18(25)13-19/h3-7,12-13H,8-11,14H2,1-2H3,(H,28,31). The number of nitrogens with zero attached hydrogens (tertiary/aromatic N) is 2. The minimum atomic E-state index is -0.941. The Kier molecular flexibility index (Phi) is 6.23. The molecule has 168 valence electrons. The molecule has 1 aliphatic rings. The molecule has 2 aromatic carbocycles. The van der Waals surface area contributed by atoms with Gasteiger partial charge in [0.1, 0.15) is 11.5 Å². The van der Waals surface area contributed by atoms with E-state index in [-0.39, 0.29) is 6.54 Å². The van der Waals surface area contributed by atoms with Crippen LogP contribution in [0.15, 0.2) is 42.5 Å². The molecule has 0 unspecified atom stereocenters. The Bertz CT molecular complexity index is 1150. The summed E-state index contributed by atoms with van der Waals surface area (Å²) in [7, 11) is 0. The van der Waals surface area contributed by atoms with Gasteiger partial charge < -0.3 is 19.5 Å². The van der Waals surface area contributed by atoms with Gasteiger partial charge in [-0.05, 0) is 49.7 Å². The van der Waals surface area contributed by atoms with Gasteiger partial charge in [0.15, 0.2) is 11.6 Å². The van der Waals surface area contributed by atoms with E-state index in [1.54, 1.807) is 10.6 Å². The van der Waals surface area contributed by atoms with Gasteiger partial charge >= 0.3 is 0 Å². The minimum Gasteiger partial charge on any atom is -0.378 e. The number of ether oxygens (including phenoxy) is 1. The molecule has 0 bridgehead atoms. The number of halogens is 3. The Balaban J connectivity index is 1.76. The molecule has 4 rings (SSSR count). The van der Waals surface area contributed by atoms with E-state index in [1.807, 2.05) is 13.8 Å². The number of aromatic nitrogens is 1. The molecule has 0 radical (unpaired) electrons. The predicted octanol–water partition coefficient (Wildman–Crippen LogP) is 4.66. The lowest BCUT2D eigenvalue weighted by atomic mass is 10.1. The Morgan fingerprint density at radius 1 is 1.03 bits per heavy atom. The van der Waals surface area contributed by atoms with Crippen molar-refractivity contribution in [1.29, 1.82) is 0 Å². The van der Waals surface area contributed by atoms with Crippen molar-refractivity contribution >= 4 is 17.3 Å². The summed E-state index contributed by atoms with van der Waals surface area (Å²) in [6, 6.07) is 9.37. The second-order valence-corrected chi connectivity index (χ2v) is 7.81. The lowest BCUT2D eigenvalue weighted by Crippen LogP contribution is -2.36. The van der Waals surface area contributed by atoms with E-state index < -0.39 is 23.4 Å². The van der Waals surface area contributed by atoms with Crippen molar-refractivity contribution < 1.29 is 22.7 Å². The number of carbonyl (C=O) groups excluding carboxylic acids is 1. The first kappa shape index (κ1) is 22.0. The highest BCUT2D eigenvalue weighted by Crippen LogP contribution is 2.33. The summed E-state index contributed by atoms with van der Waals surface area (Å²) in [5.41, 5.74) is 3.76. The van der Waals surface area contributed by atoms with Gasteiger partial charge in [0.25, 0.3) is 5.91 Å². The Morgan fingerprint density at radius 3 is 2.47 bits per heavy atom. The SMILES string of the molecule is Cc1c(N2CCOCC2)c(C)n(Cc2ccc(F)c(F)c2)c1C(=O)Nc1cccc(F)c1. The smallest absolute Gasteiger partial charge is 0.272 e. The fourth-order valence-electron chi connectivity index (χ4n) is 4.20. The highest BCUT2D eigenvalue weighted by molar-refractivity contribution is 6.05. The molecule has 0 aliphatic carbocycles. The van der Waals surface area contributed by atoms with E-state index in [2.05, 4.69) is 10.2 Å². The highest BCUT2D eigenvalue weighted by atomic mass is 19.2. The van der Waals surface area contributed by atoms with E-state index in [4.69, 9.17) is 4.74 Å². The van der Waals surface area contributed by atoms with Crippen LogP contribution in [0.4, 0.5) is 24.5 Å². The van der Waals surface area contributed by atoms with Crippen LogP contribution in [0.25, 0.3) is 0 Å². The monoisotopic (exact) mass is 443 g/mol. The maximum Gasteiger partial charge on any atom is 0.272 e. The molecule has 1 aromatic heterocycles. The molecule has 1 fully saturated rings. The second-order valence-electron chi connectivity index (χ2n) is 7.81. The summed E-state index contributed by atoms with van der Waals surface area (Å²) in [6.07, 6.45) is 0. The number of morpholine rings is 1. The molecule has 2 heterocycles. The van der Waals surface area contributed by atoms with Crippen LogP contribution in [-0.2, 0) is 11.3 Å². The number of anilines is 2. The van der Waals surface area contributed by atoms with Crippen LogP contribution in [0.1, 0.15) is 27.3 Å². The number of hydrogen-bond acceptors (Lipinski definition) is 3.